The zero-order valence-electron chi connectivity index (χ0n) is 17.3. The van der Waals surface area contributed by atoms with E-state index in [4.69, 9.17) is 15.5 Å². The summed E-state index contributed by atoms with van der Waals surface area (Å²) in [5.74, 6) is 1.15. The maximum atomic E-state index is 12.9. The third-order valence-corrected chi connectivity index (χ3v) is 6.42. The van der Waals surface area contributed by atoms with Gasteiger partial charge in [-0.25, -0.2) is 4.98 Å². The van der Waals surface area contributed by atoms with E-state index in [1.165, 1.54) is 0 Å². The smallest absolute Gasteiger partial charge is 0.224 e. The fraction of sp³-hybridized carbons (Fsp3) is 0.636. The summed E-state index contributed by atoms with van der Waals surface area (Å²) >= 11 is 0. The first kappa shape index (κ1) is 20.3. The molecule has 7 heteroatoms. The molecule has 3 heterocycles. The zero-order valence-corrected chi connectivity index (χ0v) is 17.3. The van der Waals surface area contributed by atoms with Crippen LogP contribution in [-0.4, -0.2) is 65.3 Å². The Morgan fingerprint density at radius 1 is 1.21 bits per heavy atom. The summed E-state index contributed by atoms with van der Waals surface area (Å²) in [5.41, 5.74) is 8.43. The highest BCUT2D eigenvalue weighted by atomic mass is 16.5. The normalized spacial score (nSPS) is 24.5. The number of benzene rings is 1. The molecule has 2 atom stereocenters. The highest BCUT2D eigenvalue weighted by molar-refractivity contribution is 5.79. The van der Waals surface area contributed by atoms with Gasteiger partial charge in [0.05, 0.1) is 17.0 Å². The van der Waals surface area contributed by atoms with Crippen LogP contribution in [0.3, 0.4) is 0 Å². The SMILES string of the molecule is Cn1c(CCNC(=O)[C@@H]2CC[C@H](N)CN(C3CCOCC3)C2)nc2ccccc21. The van der Waals surface area contributed by atoms with Gasteiger partial charge in [0.25, 0.3) is 0 Å². The zero-order chi connectivity index (χ0) is 20.2. The minimum absolute atomic E-state index is 0.00633. The maximum Gasteiger partial charge on any atom is 0.224 e. The van der Waals surface area contributed by atoms with Crippen molar-refractivity contribution in [2.75, 3.05) is 32.8 Å². The van der Waals surface area contributed by atoms with E-state index in [2.05, 4.69) is 20.9 Å². The topological polar surface area (TPSA) is 85.4 Å². The summed E-state index contributed by atoms with van der Waals surface area (Å²) in [6.07, 6.45) is 4.57. The van der Waals surface area contributed by atoms with Crippen LogP contribution in [0, 0.1) is 5.92 Å². The fourth-order valence-corrected chi connectivity index (χ4v) is 4.68. The Labute approximate surface area is 172 Å². The number of amides is 1. The first-order chi connectivity index (χ1) is 14.1. The summed E-state index contributed by atoms with van der Waals surface area (Å²) < 4.78 is 7.61. The van der Waals surface area contributed by atoms with Crippen LogP contribution in [-0.2, 0) is 23.0 Å². The van der Waals surface area contributed by atoms with Crippen LogP contribution in [0.25, 0.3) is 11.0 Å². The summed E-state index contributed by atoms with van der Waals surface area (Å²) in [6.45, 7) is 3.91. The lowest BCUT2D eigenvalue weighted by Gasteiger charge is -2.35. The van der Waals surface area contributed by atoms with Crippen LogP contribution in [0.1, 0.15) is 31.5 Å². The molecule has 1 amide bonds. The number of nitrogens with zero attached hydrogens (tertiary/aromatic N) is 3. The van der Waals surface area contributed by atoms with Gasteiger partial charge >= 0.3 is 0 Å². The summed E-state index contributed by atoms with van der Waals surface area (Å²) in [7, 11) is 2.03. The average molecular weight is 400 g/mol. The van der Waals surface area contributed by atoms with Gasteiger partial charge in [0.1, 0.15) is 5.82 Å². The molecule has 4 rings (SSSR count). The average Bonchev–Trinajstić information content (AvgIpc) is 2.92. The number of carbonyl (C=O) groups excluding carboxylic acids is 1. The van der Waals surface area contributed by atoms with Crippen LogP contribution < -0.4 is 11.1 Å². The largest absolute Gasteiger partial charge is 0.381 e. The number of hydrogen-bond acceptors (Lipinski definition) is 5. The lowest BCUT2D eigenvalue weighted by Crippen LogP contribution is -2.47. The molecule has 2 aliphatic heterocycles. The molecular formula is C22H33N5O2. The number of nitrogens with two attached hydrogens (primary N) is 1. The standard InChI is InChI=1S/C22H33N5O2/c1-26-20-5-3-2-4-19(20)25-21(26)8-11-24-22(28)16-6-7-17(23)15-27(14-16)18-9-12-29-13-10-18/h2-5,16-18H,6-15,23H2,1H3,(H,24,28)/t16-,17+/m1/s1. The van der Waals surface area contributed by atoms with Gasteiger partial charge in [0.15, 0.2) is 0 Å². The predicted octanol–water partition coefficient (Wildman–Crippen LogP) is 1.45. The number of ether oxygens (including phenoxy) is 1. The van der Waals surface area contributed by atoms with Crippen molar-refractivity contribution in [3.05, 3.63) is 30.1 Å². The maximum absolute atomic E-state index is 12.9. The quantitative estimate of drug-likeness (QED) is 0.795. The second-order valence-corrected chi connectivity index (χ2v) is 8.45. The number of hydrogen-bond donors (Lipinski definition) is 2. The predicted molar refractivity (Wildman–Crippen MR) is 114 cm³/mol. The van der Waals surface area contributed by atoms with Gasteiger partial charge in [-0.1, -0.05) is 12.1 Å². The summed E-state index contributed by atoms with van der Waals surface area (Å²) in [4.78, 5) is 20.0. The molecule has 2 saturated heterocycles. The van der Waals surface area contributed by atoms with Crippen LogP contribution in [0.5, 0.6) is 0 Å². The lowest BCUT2D eigenvalue weighted by atomic mass is 10.0. The molecule has 158 valence electrons. The number of aromatic nitrogens is 2. The number of likely N-dealkylation sites (tertiary alicyclic amines) is 1. The number of nitrogens with one attached hydrogen (secondary N) is 1. The van der Waals surface area contributed by atoms with Gasteiger partial charge in [0, 0.05) is 58.4 Å². The van der Waals surface area contributed by atoms with E-state index in [1.807, 2.05) is 25.2 Å². The molecule has 0 unspecified atom stereocenters. The van der Waals surface area contributed by atoms with Crippen molar-refractivity contribution in [1.82, 2.24) is 19.8 Å². The Balaban J connectivity index is 1.33. The Hall–Kier alpha value is -1.96. The van der Waals surface area contributed by atoms with Crippen molar-refractivity contribution in [3.63, 3.8) is 0 Å². The van der Waals surface area contributed by atoms with E-state index >= 15 is 0 Å². The van der Waals surface area contributed by atoms with Gasteiger partial charge in [0.2, 0.25) is 5.91 Å². The molecule has 7 nitrogen and oxygen atoms in total. The van der Waals surface area contributed by atoms with Crippen LogP contribution in [0.2, 0.25) is 0 Å². The fourth-order valence-electron chi connectivity index (χ4n) is 4.68. The number of fused-ring (bicyclic) bond motifs is 1. The van der Waals surface area contributed by atoms with E-state index in [0.29, 0.717) is 12.6 Å². The molecule has 1 aromatic heterocycles. The van der Waals surface area contributed by atoms with Crippen LogP contribution in [0.15, 0.2) is 24.3 Å². The molecule has 1 aromatic carbocycles. The molecule has 29 heavy (non-hydrogen) atoms. The second kappa shape index (κ2) is 9.24. The third kappa shape index (κ3) is 4.79. The van der Waals surface area contributed by atoms with Gasteiger partial charge in [-0.2, -0.15) is 0 Å². The number of para-hydroxylation sites is 2. The minimum atomic E-state index is 0.00633. The van der Waals surface area contributed by atoms with Crippen molar-refractivity contribution in [3.8, 4) is 0 Å². The monoisotopic (exact) mass is 399 g/mol. The Morgan fingerprint density at radius 3 is 2.79 bits per heavy atom. The summed E-state index contributed by atoms with van der Waals surface area (Å²) in [6, 6.07) is 8.76. The molecule has 2 aliphatic rings. The first-order valence-corrected chi connectivity index (χ1v) is 10.9. The lowest BCUT2D eigenvalue weighted by molar-refractivity contribution is -0.125. The molecule has 0 spiro atoms. The molecule has 3 N–H and O–H groups in total. The van der Waals surface area contributed by atoms with Crippen molar-refractivity contribution in [1.29, 1.82) is 0 Å². The van der Waals surface area contributed by atoms with Gasteiger partial charge in [-0.15, -0.1) is 0 Å². The minimum Gasteiger partial charge on any atom is -0.381 e. The molecular weight excluding hydrogens is 366 g/mol. The van der Waals surface area contributed by atoms with E-state index in [9.17, 15) is 4.79 Å². The highest BCUT2D eigenvalue weighted by Crippen LogP contribution is 2.22. The molecule has 0 bridgehead atoms. The van der Waals surface area contributed by atoms with Crippen molar-refractivity contribution < 1.29 is 9.53 Å². The van der Waals surface area contributed by atoms with Gasteiger partial charge in [-0.3, -0.25) is 9.69 Å². The number of rotatable bonds is 5. The third-order valence-electron chi connectivity index (χ3n) is 6.42. The van der Waals surface area contributed by atoms with Crippen molar-refractivity contribution >= 4 is 16.9 Å². The summed E-state index contributed by atoms with van der Waals surface area (Å²) in [5, 5.41) is 3.15. The van der Waals surface area contributed by atoms with E-state index in [1.54, 1.807) is 0 Å². The number of aryl methyl sites for hydroxylation is 1. The Bertz CT molecular complexity index is 830. The highest BCUT2D eigenvalue weighted by Gasteiger charge is 2.31. The van der Waals surface area contributed by atoms with Crippen molar-refractivity contribution in [2.45, 2.75) is 44.2 Å². The molecule has 0 saturated carbocycles. The van der Waals surface area contributed by atoms with E-state index in [-0.39, 0.29) is 17.9 Å². The molecule has 0 radical (unpaired) electrons. The van der Waals surface area contributed by atoms with Crippen molar-refractivity contribution in [2.24, 2.45) is 18.7 Å². The van der Waals surface area contributed by atoms with Gasteiger partial charge in [-0.05, 0) is 37.8 Å². The van der Waals surface area contributed by atoms with Crippen LogP contribution in [0.4, 0.5) is 0 Å². The molecule has 2 fully saturated rings. The van der Waals surface area contributed by atoms with Crippen LogP contribution >= 0.6 is 0 Å². The Morgan fingerprint density at radius 2 is 2.00 bits per heavy atom. The van der Waals surface area contributed by atoms with E-state index in [0.717, 1.165) is 75.3 Å². The number of carbonyl (C=O) groups is 1. The first-order valence-electron chi connectivity index (χ1n) is 10.9. The molecule has 2 aromatic rings. The number of imidazole rings is 1. The second-order valence-electron chi connectivity index (χ2n) is 8.45. The Kier molecular flexibility index (Phi) is 6.47. The van der Waals surface area contributed by atoms with E-state index < -0.39 is 0 Å². The van der Waals surface area contributed by atoms with Gasteiger partial charge < -0.3 is 20.4 Å². The molecule has 0 aliphatic carbocycles.